The van der Waals surface area contributed by atoms with Gasteiger partial charge >= 0.3 is 6.18 Å². The summed E-state index contributed by atoms with van der Waals surface area (Å²) >= 11 is 0. The Morgan fingerprint density at radius 1 is 1.27 bits per heavy atom. The Labute approximate surface area is 191 Å². The molecule has 1 aliphatic rings. The summed E-state index contributed by atoms with van der Waals surface area (Å²) in [6, 6.07) is 3.79. The summed E-state index contributed by atoms with van der Waals surface area (Å²) in [5, 5.41) is 3.13. The van der Waals surface area contributed by atoms with E-state index in [2.05, 4.69) is 16.9 Å². The summed E-state index contributed by atoms with van der Waals surface area (Å²) in [5.41, 5.74) is 5.81. The summed E-state index contributed by atoms with van der Waals surface area (Å²) in [4.78, 5) is 31.9. The minimum Gasteiger partial charge on any atom is -0.368 e. The molecule has 1 fully saturated rings. The molecular weight excluding hydrogens is 435 g/mol. The number of piperazine rings is 1. The van der Waals surface area contributed by atoms with Crippen LogP contribution in [0.3, 0.4) is 0 Å². The van der Waals surface area contributed by atoms with E-state index in [9.17, 15) is 22.8 Å². The van der Waals surface area contributed by atoms with E-state index in [1.807, 2.05) is 17.9 Å². The Morgan fingerprint density at radius 3 is 2.45 bits per heavy atom. The first-order valence-corrected chi connectivity index (χ1v) is 10.4. The lowest BCUT2D eigenvalue weighted by Gasteiger charge is -2.41. The Kier molecular flexibility index (Phi) is 8.84. The number of benzene rings is 1. The van der Waals surface area contributed by atoms with Gasteiger partial charge in [-0.15, -0.1) is 0 Å². The normalized spacial score (nSPS) is 17.9. The van der Waals surface area contributed by atoms with Crippen LogP contribution in [0.5, 0.6) is 0 Å². The number of amides is 2. The number of carbonyl (C=O) groups is 2. The molecule has 7 nitrogen and oxygen atoms in total. The summed E-state index contributed by atoms with van der Waals surface area (Å²) < 4.78 is 38.7. The van der Waals surface area contributed by atoms with Gasteiger partial charge in [-0.25, -0.2) is 4.99 Å². The van der Waals surface area contributed by atoms with Gasteiger partial charge in [0.2, 0.25) is 11.8 Å². The third kappa shape index (κ3) is 6.71. The molecule has 1 aliphatic heterocycles. The zero-order chi connectivity index (χ0) is 24.6. The van der Waals surface area contributed by atoms with Crippen molar-refractivity contribution in [2.45, 2.75) is 32.5 Å². The molecule has 1 saturated heterocycles. The number of aliphatic imine (C=N–C) groups is 1. The molecule has 1 heterocycles. The number of primary amides is 1. The Bertz CT molecular complexity index is 952. The van der Waals surface area contributed by atoms with Gasteiger partial charge < -0.3 is 20.9 Å². The van der Waals surface area contributed by atoms with E-state index < -0.39 is 29.6 Å². The van der Waals surface area contributed by atoms with Gasteiger partial charge in [-0.05, 0) is 43.7 Å². The summed E-state index contributed by atoms with van der Waals surface area (Å²) in [7, 11) is 0. The molecule has 0 aromatic heterocycles. The van der Waals surface area contributed by atoms with Crippen LogP contribution >= 0.6 is 0 Å². The van der Waals surface area contributed by atoms with E-state index in [4.69, 9.17) is 5.73 Å². The molecule has 1 aromatic rings. The van der Waals surface area contributed by atoms with Gasteiger partial charge in [0.25, 0.3) is 0 Å². The van der Waals surface area contributed by atoms with E-state index >= 15 is 0 Å². The Hall–Kier alpha value is -3.56. The second-order valence-corrected chi connectivity index (χ2v) is 7.26. The smallest absolute Gasteiger partial charge is 0.368 e. The van der Waals surface area contributed by atoms with Gasteiger partial charge in [0.05, 0.1) is 11.3 Å². The van der Waals surface area contributed by atoms with Crippen LogP contribution in [0, 0.1) is 0 Å². The van der Waals surface area contributed by atoms with Gasteiger partial charge in [-0.2, -0.15) is 13.2 Å². The highest BCUT2D eigenvalue weighted by atomic mass is 19.4. The summed E-state index contributed by atoms with van der Waals surface area (Å²) in [5.74, 6) is -0.568. The van der Waals surface area contributed by atoms with Crippen LogP contribution in [-0.4, -0.2) is 53.1 Å². The number of hydrogen-bond donors (Lipinski definition) is 2. The highest BCUT2D eigenvalue weighted by molar-refractivity contribution is 6.02. The number of nitrogens with two attached hydrogens (primary N) is 1. The molecule has 0 bridgehead atoms. The number of hydrogen-bond acceptors (Lipinski definition) is 4. The molecule has 178 valence electrons. The SMILES string of the molecule is C=CC(=O)N1CCN(C(=N/C=C\C)/C(=C/CC)Nc2ccc(C(F)(F)F)cc2)CC1C(N)=O. The van der Waals surface area contributed by atoms with E-state index in [1.165, 1.54) is 17.0 Å². The second-order valence-electron chi connectivity index (χ2n) is 7.26. The van der Waals surface area contributed by atoms with Crippen molar-refractivity contribution in [2.75, 3.05) is 25.0 Å². The second kappa shape index (κ2) is 11.3. The molecular formula is C23H28F3N5O2. The minimum absolute atomic E-state index is 0.112. The average Bonchev–Trinajstić information content (AvgIpc) is 2.78. The molecule has 3 N–H and O–H groups in total. The molecule has 0 radical (unpaired) electrons. The predicted octanol–water partition coefficient (Wildman–Crippen LogP) is 3.53. The zero-order valence-electron chi connectivity index (χ0n) is 18.6. The monoisotopic (exact) mass is 463 g/mol. The Morgan fingerprint density at radius 2 is 1.94 bits per heavy atom. The van der Waals surface area contributed by atoms with E-state index in [-0.39, 0.29) is 13.1 Å². The summed E-state index contributed by atoms with van der Waals surface area (Å²) in [6.45, 7) is 7.88. The van der Waals surface area contributed by atoms with Crippen molar-refractivity contribution in [1.29, 1.82) is 0 Å². The first-order chi connectivity index (χ1) is 15.6. The number of allylic oxidation sites excluding steroid dienone is 2. The van der Waals surface area contributed by atoms with E-state index in [1.54, 1.807) is 19.2 Å². The highest BCUT2D eigenvalue weighted by Crippen LogP contribution is 2.30. The van der Waals surface area contributed by atoms with Crippen molar-refractivity contribution in [3.8, 4) is 0 Å². The van der Waals surface area contributed by atoms with Crippen molar-refractivity contribution in [3.63, 3.8) is 0 Å². The van der Waals surface area contributed by atoms with Crippen molar-refractivity contribution >= 4 is 23.3 Å². The average molecular weight is 464 g/mol. The van der Waals surface area contributed by atoms with Gasteiger partial charge in [0.15, 0.2) is 5.84 Å². The fraction of sp³-hybridized carbons (Fsp3) is 0.348. The number of rotatable bonds is 7. The van der Waals surface area contributed by atoms with Crippen LogP contribution in [0.2, 0.25) is 0 Å². The number of nitrogens with one attached hydrogen (secondary N) is 1. The third-order valence-electron chi connectivity index (χ3n) is 4.95. The Balaban J connectivity index is 2.36. The fourth-order valence-corrected chi connectivity index (χ4v) is 3.37. The summed E-state index contributed by atoms with van der Waals surface area (Å²) in [6.07, 6.45) is 2.48. The van der Waals surface area contributed by atoms with E-state index in [0.717, 1.165) is 18.2 Å². The van der Waals surface area contributed by atoms with Crippen molar-refractivity contribution in [2.24, 2.45) is 10.7 Å². The standard InChI is InChI=1S/C23H28F3N5O2/c1-4-7-18(29-17-10-8-16(9-11-17)23(24,25)26)22(28-12-5-2)30-13-14-31(20(32)6-3)19(15-30)21(27)33/h5-12,19,29H,3-4,13-15H2,1-2H3,(H2,27,33)/b12-5-,18-7-,28-22+. The van der Waals surface area contributed by atoms with E-state index in [0.29, 0.717) is 30.2 Å². The molecule has 1 unspecified atom stereocenters. The fourth-order valence-electron chi connectivity index (χ4n) is 3.37. The van der Waals surface area contributed by atoms with Gasteiger partial charge in [-0.1, -0.05) is 25.7 Å². The molecule has 1 aromatic carbocycles. The van der Waals surface area contributed by atoms with Crippen molar-refractivity contribution in [3.05, 3.63) is 66.5 Å². The number of anilines is 1. The maximum absolute atomic E-state index is 12.9. The first-order valence-electron chi connectivity index (χ1n) is 10.4. The van der Waals surface area contributed by atoms with Gasteiger partial charge in [0, 0.05) is 31.5 Å². The number of nitrogens with zero attached hydrogens (tertiary/aromatic N) is 3. The predicted molar refractivity (Wildman–Crippen MR) is 122 cm³/mol. The molecule has 0 saturated carbocycles. The van der Waals surface area contributed by atoms with Crippen LogP contribution in [0.4, 0.5) is 18.9 Å². The zero-order valence-corrected chi connectivity index (χ0v) is 18.6. The molecule has 1 atom stereocenters. The lowest BCUT2D eigenvalue weighted by Crippen LogP contribution is -2.61. The first kappa shape index (κ1) is 25.7. The van der Waals surface area contributed by atoms with Crippen LogP contribution < -0.4 is 11.1 Å². The maximum Gasteiger partial charge on any atom is 0.416 e. The molecule has 2 amide bonds. The van der Waals surface area contributed by atoms with Gasteiger partial charge in [0.1, 0.15) is 6.04 Å². The molecule has 33 heavy (non-hydrogen) atoms. The van der Waals surface area contributed by atoms with Crippen molar-refractivity contribution < 1.29 is 22.8 Å². The number of amidine groups is 1. The minimum atomic E-state index is -4.43. The van der Waals surface area contributed by atoms with Crippen LogP contribution in [0.25, 0.3) is 0 Å². The number of alkyl halides is 3. The van der Waals surface area contributed by atoms with Crippen LogP contribution in [0.15, 0.2) is 66.0 Å². The number of halogens is 3. The van der Waals surface area contributed by atoms with Crippen LogP contribution in [-0.2, 0) is 15.8 Å². The van der Waals surface area contributed by atoms with Gasteiger partial charge in [-0.3, -0.25) is 9.59 Å². The maximum atomic E-state index is 12.9. The molecule has 10 heteroatoms. The topological polar surface area (TPSA) is 91.0 Å². The largest absolute Gasteiger partial charge is 0.416 e. The van der Waals surface area contributed by atoms with Crippen LogP contribution in [0.1, 0.15) is 25.8 Å². The molecule has 0 spiro atoms. The molecule has 0 aliphatic carbocycles. The van der Waals surface area contributed by atoms with Crippen molar-refractivity contribution in [1.82, 2.24) is 9.80 Å². The number of carbonyl (C=O) groups excluding carboxylic acids is 2. The quantitative estimate of drug-likeness (QED) is 0.368. The lowest BCUT2D eigenvalue weighted by atomic mass is 10.1. The third-order valence-corrected chi connectivity index (χ3v) is 4.95. The highest BCUT2D eigenvalue weighted by Gasteiger charge is 2.35. The molecule has 2 rings (SSSR count). The lowest BCUT2D eigenvalue weighted by molar-refractivity contribution is -0.138.